The number of rotatable bonds is 4. The Kier molecular flexibility index (Phi) is 5.74. The molecular weight excluding hydrogens is 412 g/mol. The molecule has 2 aromatic heterocycles. The van der Waals surface area contributed by atoms with E-state index in [1.807, 2.05) is 23.1 Å². The summed E-state index contributed by atoms with van der Waals surface area (Å²) in [6, 6.07) is 15.7. The lowest BCUT2D eigenvalue weighted by atomic mass is 9.71. The molecule has 1 aromatic carbocycles. The Morgan fingerprint density at radius 3 is 2.55 bits per heavy atom. The van der Waals surface area contributed by atoms with Crippen LogP contribution >= 0.6 is 0 Å². The van der Waals surface area contributed by atoms with Crippen molar-refractivity contribution in [1.29, 1.82) is 5.26 Å². The second-order valence-corrected chi connectivity index (χ2v) is 8.88. The normalized spacial score (nSPS) is 17.7. The van der Waals surface area contributed by atoms with Gasteiger partial charge in [-0.25, -0.2) is 15.0 Å². The lowest BCUT2D eigenvalue weighted by molar-refractivity contribution is -0.148. The smallest absolute Gasteiger partial charge is 0.229 e. The number of hydrogen-bond acceptors (Lipinski definition) is 6. The molecule has 7 heteroatoms. The van der Waals surface area contributed by atoms with Crippen LogP contribution in [0.5, 0.6) is 0 Å². The molecule has 0 aliphatic carbocycles. The summed E-state index contributed by atoms with van der Waals surface area (Å²) in [5.74, 6) is 1.79. The molecule has 0 atom stereocenters. The lowest BCUT2D eigenvalue weighted by Crippen LogP contribution is -2.53. The number of anilines is 1. The first-order chi connectivity index (χ1) is 16.2. The number of likely N-dealkylation sites (tertiary alicyclic amines) is 1. The average molecular weight is 439 g/mol. The Labute approximate surface area is 193 Å². The number of piperidine rings is 2. The van der Waals surface area contributed by atoms with Crippen LogP contribution in [-0.4, -0.2) is 45.4 Å². The van der Waals surface area contributed by atoms with Crippen molar-refractivity contribution in [3.05, 3.63) is 72.2 Å². The molecule has 2 aliphatic heterocycles. The summed E-state index contributed by atoms with van der Waals surface area (Å²) in [6.45, 7) is 2.96. The van der Waals surface area contributed by atoms with E-state index in [0.29, 0.717) is 17.9 Å². The summed E-state index contributed by atoms with van der Waals surface area (Å²) in [6.07, 6.45) is 8.77. The molecule has 5 rings (SSSR count). The van der Waals surface area contributed by atoms with Crippen LogP contribution in [0.1, 0.15) is 36.8 Å². The molecule has 2 aliphatic rings. The molecule has 0 bridgehead atoms. The van der Waals surface area contributed by atoms with Gasteiger partial charge < -0.3 is 9.80 Å². The van der Waals surface area contributed by atoms with Gasteiger partial charge in [0, 0.05) is 50.3 Å². The largest absolute Gasteiger partial charge is 0.357 e. The van der Waals surface area contributed by atoms with Crippen LogP contribution in [0, 0.1) is 16.7 Å². The second kappa shape index (κ2) is 8.99. The van der Waals surface area contributed by atoms with Crippen molar-refractivity contribution in [2.24, 2.45) is 5.41 Å². The zero-order chi connectivity index (χ0) is 22.7. The minimum absolute atomic E-state index is 0.272. The summed E-state index contributed by atoms with van der Waals surface area (Å²) >= 11 is 0. The topological polar surface area (TPSA) is 86.0 Å². The highest BCUT2D eigenvalue weighted by Crippen LogP contribution is 2.42. The van der Waals surface area contributed by atoms with Crippen LogP contribution in [0.15, 0.2) is 61.1 Å². The van der Waals surface area contributed by atoms with E-state index in [4.69, 9.17) is 0 Å². The number of aromatic nitrogens is 3. The number of nitriles is 1. The molecule has 0 unspecified atom stereocenters. The Hall–Kier alpha value is -3.79. The number of pyridine rings is 1. The van der Waals surface area contributed by atoms with Gasteiger partial charge in [-0.3, -0.25) is 4.79 Å². The summed E-state index contributed by atoms with van der Waals surface area (Å²) in [4.78, 5) is 31.0. The first-order valence-electron chi connectivity index (χ1n) is 11.4. The van der Waals surface area contributed by atoms with Gasteiger partial charge in [0.2, 0.25) is 5.91 Å². The molecule has 2 fully saturated rings. The van der Waals surface area contributed by atoms with Crippen LogP contribution in [0.4, 0.5) is 5.82 Å². The van der Waals surface area contributed by atoms with E-state index in [-0.39, 0.29) is 11.3 Å². The summed E-state index contributed by atoms with van der Waals surface area (Å²) in [5.41, 5.74) is 2.39. The van der Waals surface area contributed by atoms with Crippen molar-refractivity contribution < 1.29 is 4.79 Å². The quantitative estimate of drug-likeness (QED) is 0.616. The number of benzene rings is 1. The number of amides is 1. The highest BCUT2D eigenvalue weighted by molar-refractivity contribution is 5.84. The van der Waals surface area contributed by atoms with Crippen molar-refractivity contribution >= 4 is 11.7 Å². The van der Waals surface area contributed by atoms with Crippen LogP contribution < -0.4 is 4.90 Å². The SMILES string of the molecule is N#Cc1ccnc(N2CCC3(CCCN(Cc4cccc(-c5ncccn5)c4)C3=O)CC2)c1. The minimum atomic E-state index is -0.290. The van der Waals surface area contributed by atoms with Crippen molar-refractivity contribution in [2.75, 3.05) is 24.5 Å². The highest BCUT2D eigenvalue weighted by Gasteiger charge is 2.45. The fourth-order valence-corrected chi connectivity index (χ4v) is 5.07. The monoisotopic (exact) mass is 438 g/mol. The Morgan fingerprint density at radius 1 is 0.939 bits per heavy atom. The third-order valence-corrected chi connectivity index (χ3v) is 6.87. The van der Waals surface area contributed by atoms with E-state index in [9.17, 15) is 10.1 Å². The molecule has 4 heterocycles. The van der Waals surface area contributed by atoms with Gasteiger partial charge in [-0.15, -0.1) is 0 Å². The molecule has 0 radical (unpaired) electrons. The van der Waals surface area contributed by atoms with Crippen LogP contribution in [0.25, 0.3) is 11.4 Å². The maximum atomic E-state index is 13.6. The van der Waals surface area contributed by atoms with Gasteiger partial charge in [0.05, 0.1) is 17.0 Å². The average Bonchev–Trinajstić information content (AvgIpc) is 2.88. The van der Waals surface area contributed by atoms with Gasteiger partial charge in [0.25, 0.3) is 0 Å². The lowest BCUT2D eigenvalue weighted by Gasteiger charge is -2.46. The number of nitrogens with zero attached hydrogens (tertiary/aromatic N) is 6. The van der Waals surface area contributed by atoms with Gasteiger partial charge in [-0.2, -0.15) is 5.26 Å². The van der Waals surface area contributed by atoms with Crippen molar-refractivity contribution in [2.45, 2.75) is 32.2 Å². The van der Waals surface area contributed by atoms with E-state index in [1.165, 1.54) is 0 Å². The van der Waals surface area contributed by atoms with Gasteiger partial charge in [0.1, 0.15) is 5.82 Å². The standard InChI is InChI=1S/C26H26N6O/c27-18-20-6-12-28-23(17-20)31-14-8-26(9-15-31)7-2-13-32(25(26)33)19-21-4-1-5-22(16-21)24-29-10-3-11-30-24/h1,3-6,10-12,16-17H,2,7-9,13-15,19H2. The fraction of sp³-hybridized carbons (Fsp3) is 0.346. The van der Waals surface area contributed by atoms with Gasteiger partial charge in [0.15, 0.2) is 5.82 Å². The molecule has 7 nitrogen and oxygen atoms in total. The molecule has 3 aromatic rings. The fourth-order valence-electron chi connectivity index (χ4n) is 5.07. The molecule has 2 saturated heterocycles. The number of carbonyl (C=O) groups excluding carboxylic acids is 1. The van der Waals surface area contributed by atoms with Crippen LogP contribution in [0.3, 0.4) is 0 Å². The molecule has 0 N–H and O–H groups in total. The minimum Gasteiger partial charge on any atom is -0.357 e. The van der Waals surface area contributed by atoms with E-state index in [2.05, 4.69) is 38.1 Å². The number of hydrogen-bond donors (Lipinski definition) is 0. The van der Waals surface area contributed by atoms with E-state index in [1.54, 1.807) is 30.7 Å². The Balaban J connectivity index is 1.28. The summed E-state index contributed by atoms with van der Waals surface area (Å²) in [7, 11) is 0. The summed E-state index contributed by atoms with van der Waals surface area (Å²) < 4.78 is 0. The molecule has 0 saturated carbocycles. The maximum absolute atomic E-state index is 13.6. The van der Waals surface area contributed by atoms with Gasteiger partial charge in [-0.05, 0) is 55.5 Å². The maximum Gasteiger partial charge on any atom is 0.229 e. The van der Waals surface area contributed by atoms with Gasteiger partial charge in [-0.1, -0.05) is 18.2 Å². The van der Waals surface area contributed by atoms with Crippen molar-refractivity contribution in [3.8, 4) is 17.5 Å². The Morgan fingerprint density at radius 2 is 1.76 bits per heavy atom. The summed E-state index contributed by atoms with van der Waals surface area (Å²) in [5, 5.41) is 9.17. The zero-order valence-corrected chi connectivity index (χ0v) is 18.5. The van der Waals surface area contributed by atoms with Crippen LogP contribution in [-0.2, 0) is 11.3 Å². The predicted octanol–water partition coefficient (Wildman–Crippen LogP) is 3.82. The zero-order valence-electron chi connectivity index (χ0n) is 18.5. The van der Waals surface area contributed by atoms with Gasteiger partial charge >= 0.3 is 0 Å². The first-order valence-corrected chi connectivity index (χ1v) is 11.4. The molecule has 1 spiro atoms. The molecule has 33 heavy (non-hydrogen) atoms. The number of carbonyl (C=O) groups is 1. The third-order valence-electron chi connectivity index (χ3n) is 6.87. The Bertz CT molecular complexity index is 1180. The van der Waals surface area contributed by atoms with Crippen molar-refractivity contribution in [1.82, 2.24) is 19.9 Å². The second-order valence-electron chi connectivity index (χ2n) is 8.88. The highest BCUT2D eigenvalue weighted by atomic mass is 16.2. The van der Waals surface area contributed by atoms with E-state index in [0.717, 1.165) is 62.3 Å². The van der Waals surface area contributed by atoms with E-state index < -0.39 is 0 Å². The third kappa shape index (κ3) is 4.29. The molecule has 166 valence electrons. The van der Waals surface area contributed by atoms with Crippen LogP contribution in [0.2, 0.25) is 0 Å². The van der Waals surface area contributed by atoms with Crippen molar-refractivity contribution in [3.63, 3.8) is 0 Å². The van der Waals surface area contributed by atoms with E-state index >= 15 is 0 Å². The first kappa shape index (κ1) is 21.1. The molecular formula is C26H26N6O. The predicted molar refractivity (Wildman–Crippen MR) is 125 cm³/mol. The molecule has 1 amide bonds.